The lowest BCUT2D eigenvalue weighted by Gasteiger charge is -2.35. The summed E-state index contributed by atoms with van der Waals surface area (Å²) in [4.78, 5) is 15.4. The van der Waals surface area contributed by atoms with Crippen molar-refractivity contribution in [2.75, 3.05) is 20.3 Å². The van der Waals surface area contributed by atoms with Crippen molar-refractivity contribution in [3.8, 4) is 0 Å². The molecule has 0 saturated carbocycles. The quantitative estimate of drug-likeness (QED) is 0.392. The van der Waals surface area contributed by atoms with Crippen molar-refractivity contribution in [1.29, 1.82) is 0 Å². The smallest absolute Gasteiger partial charge is 0.305 e. The highest BCUT2D eigenvalue weighted by Crippen LogP contribution is 2.22. The molecule has 2 heterocycles. The highest BCUT2D eigenvalue weighted by Gasteiger charge is 2.28. The highest BCUT2D eigenvalue weighted by molar-refractivity contribution is 5.69. The van der Waals surface area contributed by atoms with Gasteiger partial charge < -0.3 is 19.5 Å². The zero-order valence-electron chi connectivity index (χ0n) is 15.7. The topological polar surface area (TPSA) is 69.7 Å². The number of hydrogen-bond acceptors (Lipinski definition) is 6. The number of nitrogens with zero attached hydrogens (tertiary/aromatic N) is 1. The maximum Gasteiger partial charge on any atom is 0.305 e. The van der Waals surface area contributed by atoms with E-state index in [4.69, 9.17) is 9.47 Å². The molecule has 1 saturated heterocycles. The Morgan fingerprint density at radius 3 is 3.08 bits per heavy atom. The maximum atomic E-state index is 11.1. The van der Waals surface area contributed by atoms with Gasteiger partial charge in [-0.3, -0.25) is 9.78 Å². The number of carbonyl (C=O) groups is 1. The molecule has 1 fully saturated rings. The fourth-order valence-corrected chi connectivity index (χ4v) is 2.90. The second-order valence-electron chi connectivity index (χ2n) is 6.46. The minimum absolute atomic E-state index is 0.113. The molecule has 2 rings (SSSR count). The van der Waals surface area contributed by atoms with E-state index in [9.17, 15) is 4.79 Å². The first kappa shape index (κ1) is 20.6. The predicted molar refractivity (Wildman–Crippen MR) is 99.3 cm³/mol. The summed E-state index contributed by atoms with van der Waals surface area (Å²) in [5.74, 6) is 0.166. The molecule has 1 aromatic rings. The van der Waals surface area contributed by atoms with Crippen LogP contribution in [0, 0.1) is 5.92 Å². The number of methoxy groups -OCH3 is 1. The molecule has 0 unspecified atom stereocenters. The molecule has 0 aliphatic carbocycles. The summed E-state index contributed by atoms with van der Waals surface area (Å²) in [6, 6.07) is 5.92. The fraction of sp³-hybridized carbons (Fsp3) is 0.600. The normalized spacial score (nSPS) is 23.2. The van der Waals surface area contributed by atoms with E-state index in [-0.39, 0.29) is 18.4 Å². The number of hydrogen-bond donors (Lipinski definition) is 1. The highest BCUT2D eigenvalue weighted by atomic mass is 16.7. The SMILES string of the molecule is COC(=O)CCC/C=C\C[C@H]1CO[C@@H](C)O[C@H]1CNCc1ccccn1. The molecule has 0 radical (unpaired) electrons. The Hall–Kier alpha value is -1.76. The molecule has 3 atom stereocenters. The molecule has 0 aromatic carbocycles. The van der Waals surface area contributed by atoms with Crippen LogP contribution in [-0.4, -0.2) is 43.6 Å². The molecule has 6 heteroatoms. The van der Waals surface area contributed by atoms with Crippen molar-refractivity contribution < 1.29 is 19.0 Å². The summed E-state index contributed by atoms with van der Waals surface area (Å²) in [5, 5.41) is 3.43. The van der Waals surface area contributed by atoms with Gasteiger partial charge in [-0.2, -0.15) is 0 Å². The van der Waals surface area contributed by atoms with E-state index < -0.39 is 0 Å². The Balaban J connectivity index is 1.71. The van der Waals surface area contributed by atoms with Crippen molar-refractivity contribution in [3.05, 3.63) is 42.2 Å². The minimum Gasteiger partial charge on any atom is -0.469 e. The van der Waals surface area contributed by atoms with Gasteiger partial charge in [0, 0.05) is 31.6 Å². The molecule has 1 aliphatic heterocycles. The van der Waals surface area contributed by atoms with Gasteiger partial charge in [0.05, 0.1) is 25.5 Å². The van der Waals surface area contributed by atoms with Gasteiger partial charge in [0.2, 0.25) is 0 Å². The summed E-state index contributed by atoms with van der Waals surface area (Å²) in [7, 11) is 1.42. The lowest BCUT2D eigenvalue weighted by atomic mass is 9.97. The van der Waals surface area contributed by atoms with Crippen molar-refractivity contribution in [2.24, 2.45) is 5.92 Å². The van der Waals surface area contributed by atoms with E-state index in [0.29, 0.717) is 18.9 Å². The molecule has 144 valence electrons. The molecule has 1 aliphatic rings. The Labute approximate surface area is 155 Å². The zero-order chi connectivity index (χ0) is 18.6. The van der Waals surface area contributed by atoms with E-state index in [1.54, 1.807) is 6.20 Å². The van der Waals surface area contributed by atoms with Crippen LogP contribution in [0.15, 0.2) is 36.5 Å². The number of unbranched alkanes of at least 4 members (excludes halogenated alkanes) is 1. The van der Waals surface area contributed by atoms with E-state index in [1.807, 2.05) is 25.1 Å². The molecule has 1 aromatic heterocycles. The van der Waals surface area contributed by atoms with Crippen LogP contribution in [0.5, 0.6) is 0 Å². The van der Waals surface area contributed by atoms with Gasteiger partial charge in [0.25, 0.3) is 0 Å². The van der Waals surface area contributed by atoms with E-state index in [0.717, 1.165) is 38.0 Å². The zero-order valence-corrected chi connectivity index (χ0v) is 15.7. The molecule has 26 heavy (non-hydrogen) atoms. The summed E-state index contributed by atoms with van der Waals surface area (Å²) < 4.78 is 16.3. The molecule has 0 amide bonds. The van der Waals surface area contributed by atoms with Gasteiger partial charge >= 0.3 is 5.97 Å². The summed E-state index contributed by atoms with van der Waals surface area (Å²) >= 11 is 0. The standard InChI is InChI=1S/C20H30N2O4/c1-16-25-15-17(9-5-3-4-6-11-20(23)24-2)19(26-16)14-21-13-18-10-7-8-12-22-18/h3,5,7-8,10,12,16-17,19,21H,4,6,9,11,13-15H2,1-2H3/b5-3-/t16-,17+,19+/m1/s1. The lowest BCUT2D eigenvalue weighted by Crippen LogP contribution is -2.44. The monoisotopic (exact) mass is 362 g/mol. The average Bonchev–Trinajstić information content (AvgIpc) is 2.66. The first-order chi connectivity index (χ1) is 12.7. The molecule has 1 N–H and O–H groups in total. The number of ether oxygens (including phenoxy) is 3. The largest absolute Gasteiger partial charge is 0.469 e. The average molecular weight is 362 g/mol. The number of esters is 1. The van der Waals surface area contributed by atoms with Crippen LogP contribution in [-0.2, 0) is 25.5 Å². The third kappa shape index (κ3) is 7.64. The summed E-state index contributed by atoms with van der Waals surface area (Å²) in [5.41, 5.74) is 1.02. The molecule has 0 spiro atoms. The molecule has 6 nitrogen and oxygen atoms in total. The third-order valence-electron chi connectivity index (χ3n) is 4.40. The number of carbonyl (C=O) groups excluding carboxylic acids is 1. The van der Waals surface area contributed by atoms with Crippen LogP contribution in [0.1, 0.15) is 38.3 Å². The van der Waals surface area contributed by atoms with E-state index in [1.165, 1.54) is 7.11 Å². The van der Waals surface area contributed by atoms with Gasteiger partial charge in [0.1, 0.15) is 0 Å². The minimum atomic E-state index is -0.170. The van der Waals surface area contributed by atoms with E-state index in [2.05, 4.69) is 27.2 Å². The van der Waals surface area contributed by atoms with Gasteiger partial charge in [-0.1, -0.05) is 18.2 Å². The maximum absolute atomic E-state index is 11.1. The van der Waals surface area contributed by atoms with Gasteiger partial charge in [-0.15, -0.1) is 0 Å². The van der Waals surface area contributed by atoms with Crippen molar-refractivity contribution in [1.82, 2.24) is 10.3 Å². The van der Waals surface area contributed by atoms with Crippen LogP contribution < -0.4 is 5.32 Å². The van der Waals surface area contributed by atoms with Crippen LogP contribution in [0.2, 0.25) is 0 Å². The first-order valence-electron chi connectivity index (χ1n) is 9.28. The second kappa shape index (κ2) is 11.8. The Morgan fingerprint density at radius 2 is 2.31 bits per heavy atom. The first-order valence-corrected chi connectivity index (χ1v) is 9.28. The van der Waals surface area contributed by atoms with Gasteiger partial charge in [-0.25, -0.2) is 0 Å². The summed E-state index contributed by atoms with van der Waals surface area (Å²) in [6.07, 6.45) is 9.09. The number of pyridine rings is 1. The second-order valence-corrected chi connectivity index (χ2v) is 6.46. The third-order valence-corrected chi connectivity index (χ3v) is 4.40. The number of allylic oxidation sites excluding steroid dienone is 2. The Morgan fingerprint density at radius 1 is 1.42 bits per heavy atom. The molecular formula is C20H30N2O4. The van der Waals surface area contributed by atoms with Crippen LogP contribution in [0.25, 0.3) is 0 Å². The molecular weight excluding hydrogens is 332 g/mol. The molecule has 0 bridgehead atoms. The Bertz CT molecular complexity index is 550. The predicted octanol–water partition coefficient (Wildman–Crippen LogP) is 2.84. The van der Waals surface area contributed by atoms with Crippen molar-refractivity contribution in [2.45, 2.75) is 51.5 Å². The number of nitrogens with one attached hydrogen (secondary N) is 1. The Kier molecular flexibility index (Phi) is 9.31. The summed E-state index contributed by atoms with van der Waals surface area (Å²) in [6.45, 7) is 4.13. The number of aromatic nitrogens is 1. The lowest BCUT2D eigenvalue weighted by molar-refractivity contribution is -0.225. The van der Waals surface area contributed by atoms with Crippen LogP contribution >= 0.6 is 0 Å². The van der Waals surface area contributed by atoms with Gasteiger partial charge in [-0.05, 0) is 38.3 Å². The van der Waals surface area contributed by atoms with E-state index >= 15 is 0 Å². The van der Waals surface area contributed by atoms with Crippen LogP contribution in [0.3, 0.4) is 0 Å². The van der Waals surface area contributed by atoms with Crippen molar-refractivity contribution >= 4 is 5.97 Å². The van der Waals surface area contributed by atoms with Gasteiger partial charge in [0.15, 0.2) is 6.29 Å². The van der Waals surface area contributed by atoms with Crippen LogP contribution in [0.4, 0.5) is 0 Å². The number of rotatable bonds is 10. The van der Waals surface area contributed by atoms with Crippen molar-refractivity contribution in [3.63, 3.8) is 0 Å². The fourth-order valence-electron chi connectivity index (χ4n) is 2.90.